The Labute approximate surface area is 151 Å². The van der Waals surface area contributed by atoms with E-state index in [0.717, 1.165) is 36.5 Å². The van der Waals surface area contributed by atoms with Crippen LogP contribution in [0, 0.1) is 16.0 Å². The molecule has 132 valence electrons. The van der Waals surface area contributed by atoms with Crippen LogP contribution < -0.4 is 5.32 Å². The number of benzene rings is 1. The average Bonchev–Trinajstić information content (AvgIpc) is 2.55. The maximum Gasteiger partial charge on any atom is 0.283 e. The van der Waals surface area contributed by atoms with E-state index in [4.69, 9.17) is 0 Å². The molecule has 1 aromatic carbocycles. The SMILES string of the molecule is CC(C)CCSc1ccc(C(=O)NC2CCSCC2)cc1[N+](=O)[O-]. The second-order valence-corrected chi connectivity index (χ2v) is 8.69. The molecule has 0 aromatic heterocycles. The van der Waals surface area contributed by atoms with Gasteiger partial charge < -0.3 is 5.32 Å². The first-order valence-corrected chi connectivity index (χ1v) is 10.4. The molecular formula is C17H24N2O3S2. The van der Waals surface area contributed by atoms with Crippen molar-refractivity contribution >= 4 is 35.1 Å². The van der Waals surface area contributed by atoms with Gasteiger partial charge in [0.25, 0.3) is 11.6 Å². The number of rotatable bonds is 7. The fourth-order valence-electron chi connectivity index (χ4n) is 2.44. The lowest BCUT2D eigenvalue weighted by Gasteiger charge is -2.22. The third-order valence-corrected chi connectivity index (χ3v) is 6.07. The number of nitrogens with zero attached hydrogens (tertiary/aromatic N) is 1. The molecule has 1 aromatic rings. The minimum absolute atomic E-state index is 0.0237. The van der Waals surface area contributed by atoms with E-state index in [1.807, 2.05) is 11.8 Å². The van der Waals surface area contributed by atoms with Crippen LogP contribution in [-0.2, 0) is 0 Å². The van der Waals surface area contributed by atoms with Gasteiger partial charge in [0, 0.05) is 17.7 Å². The Morgan fingerprint density at radius 2 is 2.12 bits per heavy atom. The second kappa shape index (κ2) is 9.32. The van der Waals surface area contributed by atoms with Crippen molar-refractivity contribution in [3.05, 3.63) is 33.9 Å². The van der Waals surface area contributed by atoms with Crippen molar-refractivity contribution in [2.24, 2.45) is 5.92 Å². The van der Waals surface area contributed by atoms with E-state index in [-0.39, 0.29) is 17.6 Å². The zero-order valence-corrected chi connectivity index (χ0v) is 15.8. The zero-order chi connectivity index (χ0) is 17.5. The van der Waals surface area contributed by atoms with Crippen molar-refractivity contribution in [2.75, 3.05) is 17.3 Å². The standard InChI is InChI=1S/C17H24N2O3S2/c1-12(2)5-10-24-16-4-3-13(11-15(16)19(21)22)17(20)18-14-6-8-23-9-7-14/h3-4,11-12,14H,5-10H2,1-2H3,(H,18,20). The number of carbonyl (C=O) groups is 1. The summed E-state index contributed by atoms with van der Waals surface area (Å²) in [4.78, 5) is 23.9. The van der Waals surface area contributed by atoms with Gasteiger partial charge in [0.1, 0.15) is 0 Å². The Bertz CT molecular complexity index is 587. The molecule has 1 aliphatic heterocycles. The Hall–Kier alpha value is -1.21. The molecule has 1 N–H and O–H groups in total. The molecule has 1 fully saturated rings. The van der Waals surface area contributed by atoms with Gasteiger partial charge in [-0.05, 0) is 54.6 Å². The zero-order valence-electron chi connectivity index (χ0n) is 14.1. The van der Waals surface area contributed by atoms with Crippen molar-refractivity contribution in [1.29, 1.82) is 0 Å². The lowest BCUT2D eigenvalue weighted by molar-refractivity contribution is -0.387. The minimum Gasteiger partial charge on any atom is -0.349 e. The summed E-state index contributed by atoms with van der Waals surface area (Å²) in [5.41, 5.74) is 0.392. The lowest BCUT2D eigenvalue weighted by Crippen LogP contribution is -2.37. The largest absolute Gasteiger partial charge is 0.349 e. The summed E-state index contributed by atoms with van der Waals surface area (Å²) in [5, 5.41) is 14.3. The smallest absolute Gasteiger partial charge is 0.283 e. The van der Waals surface area contributed by atoms with Crippen molar-refractivity contribution < 1.29 is 9.72 Å². The molecule has 0 spiro atoms. The molecule has 1 heterocycles. The maximum atomic E-state index is 12.4. The summed E-state index contributed by atoms with van der Waals surface area (Å²) in [6.45, 7) is 4.26. The van der Waals surface area contributed by atoms with Gasteiger partial charge in [-0.1, -0.05) is 13.8 Å². The second-order valence-electron chi connectivity index (χ2n) is 6.33. The Kier molecular flexibility index (Phi) is 7.42. The first-order chi connectivity index (χ1) is 11.5. The molecular weight excluding hydrogens is 344 g/mol. The van der Waals surface area contributed by atoms with Gasteiger partial charge in [-0.25, -0.2) is 0 Å². The maximum absolute atomic E-state index is 12.4. The van der Waals surface area contributed by atoms with Gasteiger partial charge in [-0.15, -0.1) is 11.8 Å². The van der Waals surface area contributed by atoms with Crippen molar-refractivity contribution in [2.45, 2.75) is 44.0 Å². The molecule has 5 nitrogen and oxygen atoms in total. The molecule has 0 aliphatic carbocycles. The van der Waals surface area contributed by atoms with Crippen LogP contribution in [0.4, 0.5) is 5.69 Å². The minimum atomic E-state index is -0.397. The first kappa shape index (κ1) is 19.1. The number of nitro groups is 1. The number of amides is 1. The van der Waals surface area contributed by atoms with E-state index in [0.29, 0.717) is 16.4 Å². The van der Waals surface area contributed by atoms with E-state index in [1.165, 1.54) is 17.8 Å². The summed E-state index contributed by atoms with van der Waals surface area (Å²) in [6, 6.07) is 4.98. The highest BCUT2D eigenvalue weighted by molar-refractivity contribution is 7.99. The van der Waals surface area contributed by atoms with Crippen molar-refractivity contribution in [3.63, 3.8) is 0 Å². The van der Waals surface area contributed by atoms with Gasteiger partial charge in [-0.2, -0.15) is 11.8 Å². The highest BCUT2D eigenvalue weighted by Gasteiger charge is 2.21. The summed E-state index contributed by atoms with van der Waals surface area (Å²) in [6.07, 6.45) is 2.92. The Balaban J connectivity index is 2.06. The van der Waals surface area contributed by atoms with E-state index < -0.39 is 4.92 Å². The summed E-state index contributed by atoms with van der Waals surface area (Å²) < 4.78 is 0. The van der Waals surface area contributed by atoms with Crippen LogP contribution in [0.3, 0.4) is 0 Å². The fraction of sp³-hybridized carbons (Fsp3) is 0.588. The van der Waals surface area contributed by atoms with Gasteiger partial charge in [-0.3, -0.25) is 14.9 Å². The molecule has 7 heteroatoms. The predicted molar refractivity (Wildman–Crippen MR) is 101 cm³/mol. The number of nitro benzene ring substituents is 1. The fourth-order valence-corrected chi connectivity index (χ4v) is 4.80. The van der Waals surface area contributed by atoms with E-state index in [9.17, 15) is 14.9 Å². The molecule has 0 atom stereocenters. The molecule has 0 unspecified atom stereocenters. The number of nitrogens with one attached hydrogen (secondary N) is 1. The van der Waals surface area contributed by atoms with Crippen LogP contribution in [0.1, 0.15) is 43.5 Å². The summed E-state index contributed by atoms with van der Waals surface area (Å²) in [5.74, 6) is 3.29. The van der Waals surface area contributed by atoms with E-state index in [1.54, 1.807) is 12.1 Å². The molecule has 0 bridgehead atoms. The molecule has 24 heavy (non-hydrogen) atoms. The third kappa shape index (κ3) is 5.70. The van der Waals surface area contributed by atoms with Crippen LogP contribution >= 0.6 is 23.5 Å². The van der Waals surface area contributed by atoms with E-state index in [2.05, 4.69) is 19.2 Å². The normalized spacial score (nSPS) is 15.5. The van der Waals surface area contributed by atoms with Crippen LogP contribution in [0.25, 0.3) is 0 Å². The lowest BCUT2D eigenvalue weighted by atomic mass is 10.1. The first-order valence-electron chi connectivity index (χ1n) is 8.27. The molecule has 0 saturated carbocycles. The van der Waals surface area contributed by atoms with E-state index >= 15 is 0 Å². The molecule has 2 rings (SSSR count). The Morgan fingerprint density at radius 3 is 2.75 bits per heavy atom. The van der Waals surface area contributed by atoms with Crippen LogP contribution in [0.2, 0.25) is 0 Å². The number of hydrogen-bond acceptors (Lipinski definition) is 5. The van der Waals surface area contributed by atoms with Crippen molar-refractivity contribution in [1.82, 2.24) is 5.32 Å². The van der Waals surface area contributed by atoms with Gasteiger partial charge in [0.2, 0.25) is 0 Å². The average molecular weight is 369 g/mol. The van der Waals surface area contributed by atoms with Crippen molar-refractivity contribution in [3.8, 4) is 0 Å². The molecule has 1 saturated heterocycles. The van der Waals surface area contributed by atoms with Gasteiger partial charge >= 0.3 is 0 Å². The van der Waals surface area contributed by atoms with Crippen LogP contribution in [0.15, 0.2) is 23.1 Å². The molecule has 0 radical (unpaired) electrons. The van der Waals surface area contributed by atoms with Crippen LogP contribution in [0.5, 0.6) is 0 Å². The predicted octanol–water partition coefficient (Wildman–Crippen LogP) is 4.36. The number of thioether (sulfide) groups is 2. The quantitative estimate of drug-likeness (QED) is 0.440. The molecule has 1 amide bonds. The summed E-state index contributed by atoms with van der Waals surface area (Å²) in [7, 11) is 0. The number of hydrogen-bond donors (Lipinski definition) is 1. The van der Waals surface area contributed by atoms with Crippen LogP contribution in [-0.4, -0.2) is 34.1 Å². The van der Waals surface area contributed by atoms with Gasteiger partial charge in [0.05, 0.1) is 9.82 Å². The Morgan fingerprint density at radius 1 is 1.42 bits per heavy atom. The monoisotopic (exact) mass is 368 g/mol. The highest BCUT2D eigenvalue weighted by atomic mass is 32.2. The topological polar surface area (TPSA) is 72.2 Å². The highest BCUT2D eigenvalue weighted by Crippen LogP contribution is 2.31. The molecule has 1 aliphatic rings. The number of carbonyl (C=O) groups excluding carboxylic acids is 1. The third-order valence-electron chi connectivity index (χ3n) is 3.93. The van der Waals surface area contributed by atoms with Gasteiger partial charge in [0.15, 0.2) is 0 Å². The summed E-state index contributed by atoms with van der Waals surface area (Å²) >= 11 is 3.38.